The first-order chi connectivity index (χ1) is 11.9. The summed E-state index contributed by atoms with van der Waals surface area (Å²) in [5.74, 6) is -0.374. The molecule has 0 bridgehead atoms. The van der Waals surface area contributed by atoms with E-state index in [0.29, 0.717) is 32.0 Å². The Morgan fingerprint density at radius 3 is 2.64 bits per heavy atom. The minimum Gasteiger partial charge on any atom is -0.459 e. The first-order valence-corrected chi connectivity index (χ1v) is 8.80. The molecule has 0 saturated carbocycles. The second-order valence-electron chi connectivity index (χ2n) is 6.97. The summed E-state index contributed by atoms with van der Waals surface area (Å²) in [7, 11) is 0. The molecule has 0 aromatic heterocycles. The molecule has 1 aliphatic rings. The predicted octanol–water partition coefficient (Wildman–Crippen LogP) is 2.46. The summed E-state index contributed by atoms with van der Waals surface area (Å²) in [5.41, 5.74) is 6.76. The van der Waals surface area contributed by atoms with Crippen LogP contribution in [0.2, 0.25) is 0 Å². The van der Waals surface area contributed by atoms with E-state index in [1.165, 1.54) is 12.1 Å². The Morgan fingerprint density at radius 2 is 2.00 bits per heavy atom. The van der Waals surface area contributed by atoms with Crippen molar-refractivity contribution in [2.45, 2.75) is 58.0 Å². The summed E-state index contributed by atoms with van der Waals surface area (Å²) in [6.07, 6.45) is -0.275. The predicted molar refractivity (Wildman–Crippen MR) is 92.6 cm³/mol. The number of hydrogen-bond donors (Lipinski definition) is 1. The quantitative estimate of drug-likeness (QED) is 0.824. The molecule has 0 aliphatic carbocycles. The van der Waals surface area contributed by atoms with E-state index in [4.69, 9.17) is 19.9 Å². The Labute approximate surface area is 148 Å². The zero-order valence-corrected chi connectivity index (χ0v) is 15.1. The summed E-state index contributed by atoms with van der Waals surface area (Å²) in [4.78, 5) is 12.0. The summed E-state index contributed by atoms with van der Waals surface area (Å²) in [6, 6.07) is 5.61. The SMILES string of the molecule is CC(C)CO[C@H]1[C@H](C)OC(=O)[C@@H](N)CCO[C@@H]1Cc1ccc(F)cc1. The molecule has 140 valence electrons. The molecule has 1 fully saturated rings. The fourth-order valence-electron chi connectivity index (χ4n) is 2.77. The third-order valence-electron chi connectivity index (χ3n) is 4.17. The number of esters is 1. The molecule has 6 heteroatoms. The number of ether oxygens (including phenoxy) is 3. The van der Waals surface area contributed by atoms with Crippen molar-refractivity contribution in [3.05, 3.63) is 35.6 Å². The highest BCUT2D eigenvalue weighted by atomic mass is 19.1. The van der Waals surface area contributed by atoms with Crippen LogP contribution in [0, 0.1) is 11.7 Å². The van der Waals surface area contributed by atoms with Crippen LogP contribution in [0.5, 0.6) is 0 Å². The van der Waals surface area contributed by atoms with E-state index in [-0.39, 0.29) is 11.9 Å². The second-order valence-corrected chi connectivity index (χ2v) is 6.97. The molecule has 1 saturated heterocycles. The van der Waals surface area contributed by atoms with Gasteiger partial charge in [-0.2, -0.15) is 0 Å². The van der Waals surface area contributed by atoms with Gasteiger partial charge in [-0.25, -0.2) is 4.39 Å². The van der Waals surface area contributed by atoms with Crippen molar-refractivity contribution in [2.24, 2.45) is 11.7 Å². The van der Waals surface area contributed by atoms with E-state index in [2.05, 4.69) is 13.8 Å². The van der Waals surface area contributed by atoms with Crippen molar-refractivity contribution in [3.63, 3.8) is 0 Å². The summed E-state index contributed by atoms with van der Waals surface area (Å²) >= 11 is 0. The van der Waals surface area contributed by atoms with Crippen LogP contribution in [0.4, 0.5) is 4.39 Å². The van der Waals surface area contributed by atoms with E-state index in [1.807, 2.05) is 0 Å². The molecule has 1 heterocycles. The molecule has 1 aliphatic heterocycles. The number of carbonyl (C=O) groups is 1. The average Bonchev–Trinajstić information content (AvgIpc) is 2.59. The Morgan fingerprint density at radius 1 is 1.32 bits per heavy atom. The van der Waals surface area contributed by atoms with Gasteiger partial charge in [0.05, 0.1) is 6.10 Å². The molecule has 2 rings (SSSR count). The maximum absolute atomic E-state index is 13.1. The van der Waals surface area contributed by atoms with Crippen LogP contribution in [-0.4, -0.2) is 43.5 Å². The molecule has 0 spiro atoms. The highest BCUT2D eigenvalue weighted by molar-refractivity contribution is 5.75. The lowest BCUT2D eigenvalue weighted by atomic mass is 10.00. The van der Waals surface area contributed by atoms with Crippen LogP contribution < -0.4 is 5.73 Å². The largest absolute Gasteiger partial charge is 0.459 e. The maximum Gasteiger partial charge on any atom is 0.323 e. The summed E-state index contributed by atoms with van der Waals surface area (Å²) < 4.78 is 30.7. The normalized spacial score (nSPS) is 28.2. The van der Waals surface area contributed by atoms with Gasteiger partial charge >= 0.3 is 5.97 Å². The van der Waals surface area contributed by atoms with Crippen LogP contribution in [0.25, 0.3) is 0 Å². The van der Waals surface area contributed by atoms with Gasteiger partial charge in [0.1, 0.15) is 24.1 Å². The summed E-state index contributed by atoms with van der Waals surface area (Å²) in [6.45, 7) is 6.77. The lowest BCUT2D eigenvalue weighted by Crippen LogP contribution is -2.44. The van der Waals surface area contributed by atoms with Crippen molar-refractivity contribution in [2.75, 3.05) is 13.2 Å². The fourth-order valence-corrected chi connectivity index (χ4v) is 2.77. The molecule has 0 radical (unpaired) electrons. The van der Waals surface area contributed by atoms with Gasteiger partial charge in [0.25, 0.3) is 0 Å². The third kappa shape index (κ3) is 6.06. The Bertz CT molecular complexity index is 549. The molecule has 2 N–H and O–H groups in total. The summed E-state index contributed by atoms with van der Waals surface area (Å²) in [5, 5.41) is 0. The highest BCUT2D eigenvalue weighted by Crippen LogP contribution is 2.21. The van der Waals surface area contributed by atoms with E-state index >= 15 is 0 Å². The molecule has 1 aromatic carbocycles. The molecule has 25 heavy (non-hydrogen) atoms. The number of cyclic esters (lactones) is 1. The van der Waals surface area contributed by atoms with Crippen LogP contribution in [0.15, 0.2) is 24.3 Å². The zero-order valence-electron chi connectivity index (χ0n) is 15.1. The van der Waals surface area contributed by atoms with Crippen molar-refractivity contribution in [3.8, 4) is 0 Å². The van der Waals surface area contributed by atoms with Crippen LogP contribution in [-0.2, 0) is 25.4 Å². The van der Waals surface area contributed by atoms with E-state index < -0.39 is 24.2 Å². The van der Waals surface area contributed by atoms with Crippen LogP contribution in [0.1, 0.15) is 32.8 Å². The zero-order chi connectivity index (χ0) is 18.4. The van der Waals surface area contributed by atoms with Crippen molar-refractivity contribution in [1.29, 1.82) is 0 Å². The number of carbonyl (C=O) groups excluding carboxylic acids is 1. The van der Waals surface area contributed by atoms with Gasteiger partial charge in [0, 0.05) is 19.6 Å². The Kier molecular flexibility index (Phi) is 7.35. The minimum atomic E-state index is -0.697. The Hall–Kier alpha value is -1.50. The Balaban J connectivity index is 2.18. The van der Waals surface area contributed by atoms with E-state index in [1.54, 1.807) is 19.1 Å². The highest BCUT2D eigenvalue weighted by Gasteiger charge is 2.34. The molecule has 1 aromatic rings. The molecule has 0 unspecified atom stereocenters. The van der Waals surface area contributed by atoms with Crippen LogP contribution >= 0.6 is 0 Å². The monoisotopic (exact) mass is 353 g/mol. The van der Waals surface area contributed by atoms with Crippen molar-refractivity contribution >= 4 is 5.97 Å². The van der Waals surface area contributed by atoms with Gasteiger partial charge in [-0.3, -0.25) is 4.79 Å². The van der Waals surface area contributed by atoms with Crippen molar-refractivity contribution < 1.29 is 23.4 Å². The number of benzene rings is 1. The standard InChI is InChI=1S/C19H28FNO4/c1-12(2)11-24-18-13(3)25-19(22)16(21)8-9-23-17(18)10-14-4-6-15(20)7-5-14/h4-7,12-13,16-18H,8-11,21H2,1-3H3/t13-,16-,17+,18-/m0/s1. The van der Waals surface area contributed by atoms with E-state index in [0.717, 1.165) is 5.56 Å². The van der Waals surface area contributed by atoms with Crippen molar-refractivity contribution in [1.82, 2.24) is 0 Å². The van der Waals surface area contributed by atoms with Gasteiger partial charge in [-0.15, -0.1) is 0 Å². The lowest BCUT2D eigenvalue weighted by molar-refractivity contribution is -0.164. The number of halogens is 1. The molecular weight excluding hydrogens is 325 g/mol. The van der Waals surface area contributed by atoms with Gasteiger partial charge in [0.15, 0.2) is 0 Å². The molecule has 4 atom stereocenters. The lowest BCUT2D eigenvalue weighted by Gasteiger charge is -2.31. The average molecular weight is 353 g/mol. The smallest absolute Gasteiger partial charge is 0.323 e. The number of hydrogen-bond acceptors (Lipinski definition) is 5. The molecule has 0 amide bonds. The fraction of sp³-hybridized carbons (Fsp3) is 0.632. The number of rotatable bonds is 5. The first-order valence-electron chi connectivity index (χ1n) is 8.80. The minimum absolute atomic E-state index is 0.278. The first kappa shape index (κ1) is 19.8. The topological polar surface area (TPSA) is 70.8 Å². The van der Waals surface area contributed by atoms with Gasteiger partial charge < -0.3 is 19.9 Å². The molecular formula is C19H28FNO4. The molecule has 5 nitrogen and oxygen atoms in total. The second kappa shape index (κ2) is 9.27. The number of nitrogens with two attached hydrogens (primary N) is 1. The third-order valence-corrected chi connectivity index (χ3v) is 4.17. The van der Waals surface area contributed by atoms with Gasteiger partial charge in [0.2, 0.25) is 0 Å². The van der Waals surface area contributed by atoms with Crippen LogP contribution in [0.3, 0.4) is 0 Å². The van der Waals surface area contributed by atoms with E-state index in [9.17, 15) is 9.18 Å². The van der Waals surface area contributed by atoms with Gasteiger partial charge in [-0.1, -0.05) is 26.0 Å². The van der Waals surface area contributed by atoms with Gasteiger partial charge in [-0.05, 0) is 37.0 Å². The maximum atomic E-state index is 13.1.